The van der Waals surface area contributed by atoms with Crippen molar-refractivity contribution < 1.29 is 18.7 Å². The number of carbonyl (C=O) groups excluding carboxylic acids is 2. The first-order valence-corrected chi connectivity index (χ1v) is 12.0. The van der Waals surface area contributed by atoms with Crippen LogP contribution in [0, 0.1) is 5.82 Å². The maximum atomic E-state index is 14.8. The minimum absolute atomic E-state index is 0.0698. The minimum atomic E-state index is -0.596. The van der Waals surface area contributed by atoms with Gasteiger partial charge in [-0.25, -0.2) is 14.0 Å². The van der Waals surface area contributed by atoms with E-state index in [4.69, 9.17) is 0 Å². The number of carbonyl (C=O) groups is 2. The summed E-state index contributed by atoms with van der Waals surface area (Å²) in [4.78, 5) is 30.8. The molecule has 2 aromatic carbocycles. The van der Waals surface area contributed by atoms with E-state index >= 15 is 0 Å². The summed E-state index contributed by atoms with van der Waals surface area (Å²) in [6, 6.07) is 11.9. The second-order valence-electron chi connectivity index (χ2n) is 7.45. The first-order chi connectivity index (χ1) is 15.5. The Balaban J connectivity index is 1.91. The second kappa shape index (κ2) is 11.2. The van der Waals surface area contributed by atoms with Gasteiger partial charge in [-0.2, -0.15) is 11.8 Å². The normalized spacial score (nSPS) is 13.6. The van der Waals surface area contributed by atoms with E-state index in [-0.39, 0.29) is 18.1 Å². The van der Waals surface area contributed by atoms with Crippen LogP contribution in [0.15, 0.2) is 42.5 Å². The number of benzene rings is 2. The molecule has 0 atom stereocenters. The minimum Gasteiger partial charge on any atom is -0.465 e. The van der Waals surface area contributed by atoms with Gasteiger partial charge in [0, 0.05) is 54.6 Å². The Morgan fingerprint density at radius 3 is 2.22 bits per heavy atom. The summed E-state index contributed by atoms with van der Waals surface area (Å²) < 4.78 is 19.5. The van der Waals surface area contributed by atoms with Gasteiger partial charge in [0.1, 0.15) is 5.82 Å². The van der Waals surface area contributed by atoms with Crippen LogP contribution in [0.2, 0.25) is 0 Å². The lowest BCUT2D eigenvalue weighted by Gasteiger charge is -2.33. The van der Waals surface area contributed by atoms with Gasteiger partial charge in [-0.05, 0) is 50.2 Å². The first-order valence-electron chi connectivity index (χ1n) is 10.8. The van der Waals surface area contributed by atoms with Crippen molar-refractivity contribution in [1.82, 2.24) is 4.90 Å². The molecule has 3 rings (SSSR count). The van der Waals surface area contributed by atoms with Crippen molar-refractivity contribution in [2.24, 2.45) is 0 Å². The summed E-state index contributed by atoms with van der Waals surface area (Å²) in [7, 11) is 1.26. The number of hydrogen-bond donors (Lipinski definition) is 0. The number of ether oxygens (including phenoxy) is 1. The highest BCUT2D eigenvalue weighted by molar-refractivity contribution is 7.99. The van der Waals surface area contributed by atoms with Gasteiger partial charge in [-0.15, -0.1) is 0 Å². The van der Waals surface area contributed by atoms with Crippen molar-refractivity contribution in [3.8, 4) is 0 Å². The van der Waals surface area contributed by atoms with Crippen molar-refractivity contribution in [2.75, 3.05) is 54.6 Å². The molecule has 1 aliphatic heterocycles. The summed E-state index contributed by atoms with van der Waals surface area (Å²) in [6.07, 6.45) is 0. The van der Waals surface area contributed by atoms with Gasteiger partial charge < -0.3 is 14.5 Å². The zero-order valence-electron chi connectivity index (χ0n) is 18.8. The first kappa shape index (κ1) is 23.9. The Kier molecular flexibility index (Phi) is 8.39. The van der Waals surface area contributed by atoms with Crippen LogP contribution >= 0.6 is 11.8 Å². The van der Waals surface area contributed by atoms with Gasteiger partial charge in [0.25, 0.3) is 0 Å². The monoisotopic (exact) mass is 459 g/mol. The Labute approximate surface area is 193 Å². The molecule has 0 bridgehead atoms. The van der Waals surface area contributed by atoms with Crippen LogP contribution in [0.3, 0.4) is 0 Å². The van der Waals surface area contributed by atoms with Crippen LogP contribution in [0.25, 0.3) is 0 Å². The summed E-state index contributed by atoms with van der Waals surface area (Å²) in [5.41, 5.74) is 2.27. The summed E-state index contributed by atoms with van der Waals surface area (Å²) >= 11 is 1.82. The zero-order chi connectivity index (χ0) is 23.1. The van der Waals surface area contributed by atoms with E-state index in [1.165, 1.54) is 19.2 Å². The van der Waals surface area contributed by atoms with Gasteiger partial charge in [-0.1, -0.05) is 6.07 Å². The van der Waals surface area contributed by atoms with Crippen molar-refractivity contribution >= 4 is 35.1 Å². The van der Waals surface area contributed by atoms with E-state index < -0.39 is 11.8 Å². The number of anilines is 2. The number of amides is 2. The number of methoxy groups -OCH3 is 1. The van der Waals surface area contributed by atoms with Crippen molar-refractivity contribution in [3.63, 3.8) is 0 Å². The van der Waals surface area contributed by atoms with E-state index in [1.807, 2.05) is 40.9 Å². The highest BCUT2D eigenvalue weighted by Gasteiger charge is 2.25. The average molecular weight is 460 g/mol. The maximum Gasteiger partial charge on any atom is 0.337 e. The Hall–Kier alpha value is -2.74. The van der Waals surface area contributed by atoms with Gasteiger partial charge in [-0.3, -0.25) is 4.90 Å². The molecule has 0 N–H and O–H groups in total. The molecule has 1 aliphatic rings. The zero-order valence-corrected chi connectivity index (χ0v) is 19.7. The fourth-order valence-electron chi connectivity index (χ4n) is 3.72. The highest BCUT2D eigenvalue weighted by Crippen LogP contribution is 2.25. The summed E-state index contributed by atoms with van der Waals surface area (Å²) in [5, 5.41) is 0. The quantitative estimate of drug-likeness (QED) is 0.565. The van der Waals surface area contributed by atoms with E-state index in [0.29, 0.717) is 24.3 Å². The molecule has 1 heterocycles. The van der Waals surface area contributed by atoms with Gasteiger partial charge in [0.05, 0.1) is 19.2 Å². The number of thioether (sulfide) groups is 1. The molecule has 32 heavy (non-hydrogen) atoms. The lowest BCUT2D eigenvalue weighted by molar-refractivity contribution is 0.0600. The number of urea groups is 1. The third-order valence-electron chi connectivity index (χ3n) is 5.61. The predicted molar refractivity (Wildman–Crippen MR) is 128 cm³/mol. The molecule has 2 aromatic rings. The van der Waals surface area contributed by atoms with E-state index in [1.54, 1.807) is 4.90 Å². The van der Waals surface area contributed by atoms with Crippen molar-refractivity contribution in [1.29, 1.82) is 0 Å². The van der Waals surface area contributed by atoms with Crippen LogP contribution < -0.4 is 9.80 Å². The van der Waals surface area contributed by atoms with Crippen LogP contribution in [0.4, 0.5) is 20.6 Å². The molecule has 0 radical (unpaired) electrons. The van der Waals surface area contributed by atoms with Crippen LogP contribution in [0.5, 0.6) is 0 Å². The Bertz CT molecular complexity index is 929. The SMILES string of the molecule is CCN(CC)c1ccc(N(Cc2ccc(C(=O)OC)cc2F)C(=O)N2CCSCC2)cc1. The fourth-order valence-corrected chi connectivity index (χ4v) is 4.62. The molecular weight excluding hydrogens is 429 g/mol. The molecule has 8 heteroatoms. The number of nitrogens with zero attached hydrogens (tertiary/aromatic N) is 3. The molecule has 6 nitrogen and oxygen atoms in total. The van der Waals surface area contributed by atoms with Crippen LogP contribution in [-0.4, -0.2) is 61.7 Å². The third kappa shape index (κ3) is 5.54. The topological polar surface area (TPSA) is 53.1 Å². The maximum absolute atomic E-state index is 14.8. The smallest absolute Gasteiger partial charge is 0.337 e. The Morgan fingerprint density at radius 2 is 1.66 bits per heavy atom. The lowest BCUT2D eigenvalue weighted by atomic mass is 10.1. The number of hydrogen-bond acceptors (Lipinski definition) is 5. The van der Waals surface area contributed by atoms with Crippen LogP contribution in [-0.2, 0) is 11.3 Å². The van der Waals surface area contributed by atoms with Gasteiger partial charge in [0.2, 0.25) is 0 Å². The second-order valence-corrected chi connectivity index (χ2v) is 8.68. The van der Waals surface area contributed by atoms with E-state index in [9.17, 15) is 14.0 Å². The highest BCUT2D eigenvalue weighted by atomic mass is 32.2. The molecule has 1 saturated heterocycles. The lowest BCUT2D eigenvalue weighted by Crippen LogP contribution is -2.46. The average Bonchev–Trinajstić information content (AvgIpc) is 2.84. The molecule has 172 valence electrons. The van der Waals surface area contributed by atoms with Gasteiger partial charge in [0.15, 0.2) is 0 Å². The fraction of sp³-hybridized carbons (Fsp3) is 0.417. The predicted octanol–water partition coefficient (Wildman–Crippen LogP) is 4.63. The molecular formula is C24H30FN3O3S. The largest absolute Gasteiger partial charge is 0.465 e. The van der Waals surface area contributed by atoms with Crippen LogP contribution in [0.1, 0.15) is 29.8 Å². The molecule has 1 fully saturated rings. The molecule has 2 amide bonds. The molecule has 0 unspecified atom stereocenters. The van der Waals surface area contributed by atoms with Crippen molar-refractivity contribution in [2.45, 2.75) is 20.4 Å². The van der Waals surface area contributed by atoms with Crippen molar-refractivity contribution in [3.05, 3.63) is 59.4 Å². The molecule has 0 spiro atoms. The summed E-state index contributed by atoms with van der Waals surface area (Å²) in [6.45, 7) is 7.39. The van der Waals surface area contributed by atoms with E-state index in [0.717, 1.165) is 36.3 Å². The molecule has 0 aliphatic carbocycles. The Morgan fingerprint density at radius 1 is 1.03 bits per heavy atom. The molecule has 0 saturated carbocycles. The van der Waals surface area contributed by atoms with E-state index in [2.05, 4.69) is 23.5 Å². The number of rotatable bonds is 7. The summed E-state index contributed by atoms with van der Waals surface area (Å²) in [5.74, 6) is 0.645. The molecule has 0 aromatic heterocycles. The number of halogens is 1. The number of esters is 1. The van der Waals surface area contributed by atoms with Gasteiger partial charge >= 0.3 is 12.0 Å². The third-order valence-corrected chi connectivity index (χ3v) is 6.55. The standard InChI is InChI=1S/C24H30FN3O3S/c1-4-26(5-2)20-8-10-21(11-9-20)28(24(30)27-12-14-32-15-13-27)17-19-7-6-18(16-22(19)25)23(29)31-3/h6-11,16H,4-5,12-15,17H2,1-3H3.